The van der Waals surface area contributed by atoms with Crippen molar-refractivity contribution in [3.05, 3.63) is 35.9 Å². The van der Waals surface area contributed by atoms with Crippen LogP contribution in [0, 0.1) is 0 Å². The van der Waals surface area contributed by atoms with Crippen molar-refractivity contribution in [2.45, 2.75) is 5.75 Å². The molecule has 1 aliphatic heterocycles. The first-order valence-electron chi connectivity index (χ1n) is 5.47. The Kier molecular flexibility index (Phi) is 4.03. The Morgan fingerprint density at radius 2 is 2.12 bits per heavy atom. The summed E-state index contributed by atoms with van der Waals surface area (Å²) in [6.45, 7) is 1.05. The summed E-state index contributed by atoms with van der Waals surface area (Å²) in [4.78, 5) is 24.2. The van der Waals surface area contributed by atoms with Gasteiger partial charge in [0, 0.05) is 18.8 Å². The number of nitrogens with one attached hydrogen (secondary N) is 1. The molecule has 0 aliphatic carbocycles. The number of hydrogen-bond donors (Lipinski definition) is 1. The molecule has 90 valence electrons. The normalized spacial score (nSPS) is 14.8. The van der Waals surface area contributed by atoms with Gasteiger partial charge >= 0.3 is 6.03 Å². The highest BCUT2D eigenvalue weighted by molar-refractivity contribution is 7.99. The molecular weight excluding hydrogens is 236 g/mol. The second kappa shape index (κ2) is 5.72. The monoisotopic (exact) mass is 250 g/mol. The first-order valence-corrected chi connectivity index (χ1v) is 6.63. The van der Waals surface area contributed by atoms with Crippen LogP contribution in [0.3, 0.4) is 0 Å². The summed E-state index contributed by atoms with van der Waals surface area (Å²) in [6, 6.07) is 9.71. The number of urea groups is 1. The molecule has 1 saturated heterocycles. The second-order valence-electron chi connectivity index (χ2n) is 3.76. The molecule has 0 bridgehead atoms. The van der Waals surface area contributed by atoms with Crippen LogP contribution < -0.4 is 5.32 Å². The minimum absolute atomic E-state index is 0.110. The molecule has 1 aliphatic rings. The van der Waals surface area contributed by atoms with E-state index in [2.05, 4.69) is 5.32 Å². The standard InChI is InChI=1S/C12H14N2O2S/c15-11(14-7-6-13-12(14)16)9-17-8-10-4-2-1-3-5-10/h1-5H,6-9H2,(H,13,16). The van der Waals surface area contributed by atoms with Gasteiger partial charge in [-0.2, -0.15) is 0 Å². The molecule has 4 nitrogen and oxygen atoms in total. The van der Waals surface area contributed by atoms with Crippen LogP contribution in [0.1, 0.15) is 5.56 Å². The van der Waals surface area contributed by atoms with Gasteiger partial charge in [0.2, 0.25) is 5.91 Å². The van der Waals surface area contributed by atoms with Crippen molar-refractivity contribution >= 4 is 23.7 Å². The predicted octanol–water partition coefficient (Wildman–Crippen LogP) is 1.47. The summed E-state index contributed by atoms with van der Waals surface area (Å²) in [5, 5.41) is 2.62. The molecule has 1 aromatic rings. The summed E-state index contributed by atoms with van der Waals surface area (Å²) in [5.74, 6) is 1.03. The number of amides is 3. The molecule has 17 heavy (non-hydrogen) atoms. The first kappa shape index (κ1) is 12.0. The highest BCUT2D eigenvalue weighted by Gasteiger charge is 2.25. The van der Waals surface area contributed by atoms with Gasteiger partial charge in [0.25, 0.3) is 0 Å². The Morgan fingerprint density at radius 3 is 2.76 bits per heavy atom. The second-order valence-corrected chi connectivity index (χ2v) is 4.74. The molecule has 0 aromatic heterocycles. The number of imide groups is 1. The van der Waals surface area contributed by atoms with Crippen LogP contribution in [0.5, 0.6) is 0 Å². The van der Waals surface area contributed by atoms with Crippen LogP contribution in [0.15, 0.2) is 30.3 Å². The molecule has 2 rings (SSSR count). The van der Waals surface area contributed by atoms with Crippen LogP contribution >= 0.6 is 11.8 Å². The molecule has 0 unspecified atom stereocenters. The van der Waals surface area contributed by atoms with Gasteiger partial charge < -0.3 is 5.32 Å². The molecule has 5 heteroatoms. The van der Waals surface area contributed by atoms with Crippen molar-refractivity contribution in [2.24, 2.45) is 0 Å². The van der Waals surface area contributed by atoms with Crippen molar-refractivity contribution in [1.82, 2.24) is 10.2 Å². The van der Waals surface area contributed by atoms with Crippen LogP contribution in [-0.4, -0.2) is 35.7 Å². The Bertz CT molecular complexity index is 408. The van der Waals surface area contributed by atoms with E-state index < -0.39 is 0 Å². The molecule has 0 radical (unpaired) electrons. The summed E-state index contributed by atoms with van der Waals surface area (Å²) in [5.41, 5.74) is 1.19. The highest BCUT2D eigenvalue weighted by Crippen LogP contribution is 2.12. The summed E-state index contributed by atoms with van der Waals surface area (Å²) in [7, 11) is 0. The van der Waals surface area contributed by atoms with E-state index in [-0.39, 0.29) is 11.9 Å². The van der Waals surface area contributed by atoms with E-state index in [1.165, 1.54) is 22.2 Å². The fourth-order valence-electron chi connectivity index (χ4n) is 1.62. The predicted molar refractivity (Wildman–Crippen MR) is 67.7 cm³/mol. The van der Waals surface area contributed by atoms with Gasteiger partial charge in [0.05, 0.1) is 5.75 Å². The average Bonchev–Trinajstić information content (AvgIpc) is 2.77. The molecule has 0 spiro atoms. The van der Waals surface area contributed by atoms with E-state index in [0.717, 1.165) is 5.75 Å². The smallest absolute Gasteiger partial charge is 0.324 e. The minimum atomic E-state index is -0.268. The Balaban J connectivity index is 1.75. The van der Waals surface area contributed by atoms with Gasteiger partial charge in [-0.1, -0.05) is 30.3 Å². The van der Waals surface area contributed by atoms with Gasteiger partial charge in [0.15, 0.2) is 0 Å². The van der Waals surface area contributed by atoms with Crippen molar-refractivity contribution in [3.8, 4) is 0 Å². The van der Waals surface area contributed by atoms with Gasteiger partial charge in [-0.3, -0.25) is 9.69 Å². The first-order chi connectivity index (χ1) is 8.27. The van der Waals surface area contributed by atoms with Gasteiger partial charge in [0.1, 0.15) is 0 Å². The quantitative estimate of drug-likeness (QED) is 0.880. The van der Waals surface area contributed by atoms with Gasteiger partial charge in [-0.25, -0.2) is 4.79 Å². The van der Waals surface area contributed by atoms with Crippen LogP contribution in [0.25, 0.3) is 0 Å². The van der Waals surface area contributed by atoms with Gasteiger partial charge in [-0.05, 0) is 5.56 Å². The number of carbonyl (C=O) groups is 2. The number of rotatable bonds is 4. The number of hydrogen-bond acceptors (Lipinski definition) is 3. The van der Waals surface area contributed by atoms with E-state index in [0.29, 0.717) is 18.8 Å². The van der Waals surface area contributed by atoms with E-state index in [1.807, 2.05) is 30.3 Å². The molecular formula is C12H14N2O2S. The van der Waals surface area contributed by atoms with Crippen LogP contribution in [-0.2, 0) is 10.5 Å². The SMILES string of the molecule is O=C(CSCc1ccccc1)N1CCNC1=O. The Hall–Kier alpha value is -1.49. The zero-order valence-electron chi connectivity index (χ0n) is 9.39. The lowest BCUT2D eigenvalue weighted by molar-refractivity contribution is -0.124. The maximum atomic E-state index is 11.7. The molecule has 1 aromatic carbocycles. The zero-order chi connectivity index (χ0) is 12.1. The van der Waals surface area contributed by atoms with E-state index in [4.69, 9.17) is 0 Å². The molecule has 0 atom stereocenters. The largest absolute Gasteiger partial charge is 0.336 e. The highest BCUT2D eigenvalue weighted by atomic mass is 32.2. The zero-order valence-corrected chi connectivity index (χ0v) is 10.2. The van der Waals surface area contributed by atoms with Crippen molar-refractivity contribution < 1.29 is 9.59 Å². The topological polar surface area (TPSA) is 49.4 Å². The van der Waals surface area contributed by atoms with Crippen molar-refractivity contribution in [3.63, 3.8) is 0 Å². The number of nitrogens with zero attached hydrogens (tertiary/aromatic N) is 1. The fraction of sp³-hybridized carbons (Fsp3) is 0.333. The van der Waals surface area contributed by atoms with Crippen LogP contribution in [0.2, 0.25) is 0 Å². The van der Waals surface area contributed by atoms with E-state index >= 15 is 0 Å². The fourth-order valence-corrected chi connectivity index (χ4v) is 2.48. The molecule has 1 heterocycles. The third-order valence-corrected chi connectivity index (χ3v) is 3.48. The average molecular weight is 250 g/mol. The Morgan fingerprint density at radius 1 is 1.35 bits per heavy atom. The van der Waals surface area contributed by atoms with Gasteiger partial charge in [-0.15, -0.1) is 11.8 Å². The molecule has 3 amide bonds. The number of thioether (sulfide) groups is 1. The maximum absolute atomic E-state index is 11.7. The summed E-state index contributed by atoms with van der Waals surface area (Å²) >= 11 is 1.53. The summed E-state index contributed by atoms with van der Waals surface area (Å²) < 4.78 is 0. The van der Waals surface area contributed by atoms with Crippen molar-refractivity contribution in [2.75, 3.05) is 18.8 Å². The lowest BCUT2D eigenvalue weighted by Gasteiger charge is -2.11. The summed E-state index contributed by atoms with van der Waals surface area (Å²) in [6.07, 6.45) is 0. The minimum Gasteiger partial charge on any atom is -0.336 e. The number of carbonyl (C=O) groups excluding carboxylic acids is 2. The molecule has 1 N–H and O–H groups in total. The number of benzene rings is 1. The third-order valence-electron chi connectivity index (χ3n) is 2.49. The lowest BCUT2D eigenvalue weighted by atomic mass is 10.2. The molecule has 0 saturated carbocycles. The maximum Gasteiger partial charge on any atom is 0.324 e. The Labute approximate surface area is 104 Å². The lowest BCUT2D eigenvalue weighted by Crippen LogP contribution is -2.35. The third kappa shape index (κ3) is 3.23. The van der Waals surface area contributed by atoms with E-state index in [1.54, 1.807) is 0 Å². The van der Waals surface area contributed by atoms with Crippen LogP contribution in [0.4, 0.5) is 4.79 Å². The van der Waals surface area contributed by atoms with Crippen molar-refractivity contribution in [1.29, 1.82) is 0 Å². The molecule has 1 fully saturated rings. The van der Waals surface area contributed by atoms with E-state index in [9.17, 15) is 9.59 Å².